The largest absolute Gasteiger partial charge is 0.488 e. The van der Waals surface area contributed by atoms with Crippen molar-refractivity contribution >= 4 is 12.6 Å². The fourth-order valence-corrected chi connectivity index (χ4v) is 2.52. The van der Waals surface area contributed by atoms with Gasteiger partial charge in [0, 0.05) is 13.1 Å². The normalized spacial score (nSPS) is 15.8. The molecule has 0 spiro atoms. The Morgan fingerprint density at radius 3 is 2.56 bits per heavy atom. The maximum absolute atomic E-state index is 9.37. The summed E-state index contributed by atoms with van der Waals surface area (Å²) in [6.45, 7) is 5.11. The Kier molecular flexibility index (Phi) is 4.81. The van der Waals surface area contributed by atoms with Gasteiger partial charge in [-0.05, 0) is 36.3 Å². The summed E-state index contributed by atoms with van der Waals surface area (Å²) in [7, 11) is -1.37. The van der Waals surface area contributed by atoms with Gasteiger partial charge in [0.15, 0.2) is 0 Å². The predicted octanol–water partition coefficient (Wildman–Crippen LogP) is 0.988. The molecule has 0 bridgehead atoms. The Morgan fingerprint density at radius 1 is 1.28 bits per heavy atom. The highest BCUT2D eigenvalue weighted by Gasteiger charge is 2.21. The Hall–Kier alpha value is -0.835. The Morgan fingerprint density at radius 2 is 2.00 bits per heavy atom. The molecule has 0 saturated heterocycles. The molecule has 0 radical (unpaired) electrons. The maximum Gasteiger partial charge on any atom is 0.488 e. The van der Waals surface area contributed by atoms with Crippen molar-refractivity contribution in [1.82, 2.24) is 4.90 Å². The summed E-state index contributed by atoms with van der Waals surface area (Å²) in [5.41, 5.74) is 1.65. The first-order chi connectivity index (χ1) is 8.70. The van der Waals surface area contributed by atoms with E-state index in [2.05, 4.69) is 11.8 Å². The van der Waals surface area contributed by atoms with Crippen LogP contribution in [-0.2, 0) is 6.54 Å². The summed E-state index contributed by atoms with van der Waals surface area (Å²) >= 11 is 0. The topological polar surface area (TPSA) is 43.7 Å². The molecular formula is C14H22BNO2. The van der Waals surface area contributed by atoms with E-state index in [9.17, 15) is 10.0 Å². The van der Waals surface area contributed by atoms with Crippen molar-refractivity contribution in [3.63, 3.8) is 0 Å². The highest BCUT2D eigenvalue weighted by atomic mass is 16.4. The van der Waals surface area contributed by atoms with Crippen molar-refractivity contribution in [3.8, 4) is 0 Å². The molecule has 4 heteroatoms. The van der Waals surface area contributed by atoms with Crippen LogP contribution in [0.15, 0.2) is 24.3 Å². The van der Waals surface area contributed by atoms with Crippen molar-refractivity contribution in [1.29, 1.82) is 0 Å². The van der Waals surface area contributed by atoms with Gasteiger partial charge in [-0.3, -0.25) is 4.90 Å². The molecule has 2 rings (SSSR count). The van der Waals surface area contributed by atoms with Crippen LogP contribution in [0.25, 0.3) is 0 Å². The molecule has 1 fully saturated rings. The van der Waals surface area contributed by atoms with Gasteiger partial charge >= 0.3 is 7.12 Å². The Balaban J connectivity index is 2.01. The number of rotatable bonds is 6. The summed E-state index contributed by atoms with van der Waals surface area (Å²) in [6.07, 6.45) is 4.07. The fourth-order valence-electron chi connectivity index (χ4n) is 2.52. The molecule has 3 nitrogen and oxygen atoms in total. The van der Waals surface area contributed by atoms with E-state index in [1.807, 2.05) is 18.2 Å². The lowest BCUT2D eigenvalue weighted by atomic mass is 9.77. The zero-order chi connectivity index (χ0) is 13.0. The lowest BCUT2D eigenvalue weighted by Gasteiger charge is -2.32. The van der Waals surface area contributed by atoms with Gasteiger partial charge in [0.2, 0.25) is 0 Å². The average Bonchev–Trinajstić information content (AvgIpc) is 2.32. The van der Waals surface area contributed by atoms with Gasteiger partial charge in [-0.2, -0.15) is 0 Å². The minimum atomic E-state index is -1.37. The lowest BCUT2D eigenvalue weighted by molar-refractivity contribution is 0.178. The van der Waals surface area contributed by atoms with E-state index in [1.165, 1.54) is 19.3 Å². The number of hydrogen-bond donors (Lipinski definition) is 2. The van der Waals surface area contributed by atoms with Crippen LogP contribution in [0.3, 0.4) is 0 Å². The summed E-state index contributed by atoms with van der Waals surface area (Å²) < 4.78 is 0. The Labute approximate surface area is 110 Å². The van der Waals surface area contributed by atoms with E-state index in [0.29, 0.717) is 5.46 Å². The molecule has 2 N–H and O–H groups in total. The first kappa shape index (κ1) is 13.6. The molecule has 98 valence electrons. The second kappa shape index (κ2) is 6.37. The van der Waals surface area contributed by atoms with Crippen LogP contribution in [-0.4, -0.2) is 35.2 Å². The third-order valence-corrected chi connectivity index (χ3v) is 3.92. The molecule has 0 amide bonds. The van der Waals surface area contributed by atoms with Gasteiger partial charge in [-0.15, -0.1) is 0 Å². The van der Waals surface area contributed by atoms with Crippen molar-refractivity contribution in [2.45, 2.75) is 32.7 Å². The minimum Gasteiger partial charge on any atom is -0.423 e. The van der Waals surface area contributed by atoms with E-state index >= 15 is 0 Å². The van der Waals surface area contributed by atoms with Crippen LogP contribution in [0.4, 0.5) is 0 Å². The SMILES string of the molecule is CCN(Cc1ccccc1B(O)O)CC1CCC1. The van der Waals surface area contributed by atoms with Crippen LogP contribution in [0.5, 0.6) is 0 Å². The number of nitrogens with zero attached hydrogens (tertiary/aromatic N) is 1. The van der Waals surface area contributed by atoms with Crippen LogP contribution in [0.2, 0.25) is 0 Å². The highest BCUT2D eigenvalue weighted by Crippen LogP contribution is 2.27. The average molecular weight is 247 g/mol. The molecule has 1 aromatic carbocycles. The zero-order valence-electron chi connectivity index (χ0n) is 11.0. The molecule has 0 aliphatic heterocycles. The van der Waals surface area contributed by atoms with Crippen molar-refractivity contribution < 1.29 is 10.0 Å². The van der Waals surface area contributed by atoms with Crippen LogP contribution >= 0.6 is 0 Å². The molecule has 1 aliphatic rings. The van der Waals surface area contributed by atoms with Gasteiger partial charge in [0.1, 0.15) is 0 Å². The maximum atomic E-state index is 9.37. The summed E-state index contributed by atoms with van der Waals surface area (Å²) in [5, 5.41) is 18.7. The van der Waals surface area contributed by atoms with E-state index in [4.69, 9.17) is 0 Å². The molecule has 0 heterocycles. The van der Waals surface area contributed by atoms with E-state index in [-0.39, 0.29) is 0 Å². The monoisotopic (exact) mass is 247 g/mol. The molecule has 0 atom stereocenters. The molecule has 1 saturated carbocycles. The molecule has 0 aromatic heterocycles. The summed E-state index contributed by atoms with van der Waals surface area (Å²) in [4.78, 5) is 2.39. The smallest absolute Gasteiger partial charge is 0.423 e. The first-order valence-corrected chi connectivity index (χ1v) is 6.87. The quantitative estimate of drug-likeness (QED) is 0.737. The predicted molar refractivity (Wildman–Crippen MR) is 74.6 cm³/mol. The van der Waals surface area contributed by atoms with Gasteiger partial charge in [-0.1, -0.05) is 37.6 Å². The standard InChI is InChI=1S/C14H22BNO2/c1-2-16(10-12-6-5-7-12)11-13-8-3-4-9-14(13)15(17)18/h3-4,8-9,12,17-18H,2,5-7,10-11H2,1H3. The summed E-state index contributed by atoms with van der Waals surface area (Å²) in [6, 6.07) is 7.58. The van der Waals surface area contributed by atoms with Crippen LogP contribution in [0, 0.1) is 5.92 Å². The van der Waals surface area contributed by atoms with Crippen molar-refractivity contribution in [3.05, 3.63) is 29.8 Å². The number of hydrogen-bond acceptors (Lipinski definition) is 3. The van der Waals surface area contributed by atoms with E-state index in [0.717, 1.165) is 31.1 Å². The highest BCUT2D eigenvalue weighted by molar-refractivity contribution is 6.59. The molecule has 1 aromatic rings. The van der Waals surface area contributed by atoms with Crippen molar-refractivity contribution in [2.24, 2.45) is 5.92 Å². The molecular weight excluding hydrogens is 225 g/mol. The second-order valence-corrected chi connectivity index (χ2v) is 5.20. The zero-order valence-corrected chi connectivity index (χ0v) is 11.0. The third-order valence-electron chi connectivity index (χ3n) is 3.92. The van der Waals surface area contributed by atoms with Gasteiger partial charge in [-0.25, -0.2) is 0 Å². The van der Waals surface area contributed by atoms with E-state index in [1.54, 1.807) is 6.07 Å². The van der Waals surface area contributed by atoms with Crippen LogP contribution < -0.4 is 5.46 Å². The lowest BCUT2D eigenvalue weighted by Crippen LogP contribution is -2.37. The Bertz CT molecular complexity index is 380. The number of benzene rings is 1. The first-order valence-electron chi connectivity index (χ1n) is 6.87. The van der Waals surface area contributed by atoms with Crippen LogP contribution in [0.1, 0.15) is 31.7 Å². The van der Waals surface area contributed by atoms with Crippen molar-refractivity contribution in [2.75, 3.05) is 13.1 Å². The van der Waals surface area contributed by atoms with Gasteiger partial charge < -0.3 is 10.0 Å². The van der Waals surface area contributed by atoms with Gasteiger partial charge in [0.25, 0.3) is 0 Å². The summed E-state index contributed by atoms with van der Waals surface area (Å²) in [5.74, 6) is 0.844. The minimum absolute atomic E-state index is 0.629. The molecule has 18 heavy (non-hydrogen) atoms. The van der Waals surface area contributed by atoms with E-state index < -0.39 is 7.12 Å². The molecule has 1 aliphatic carbocycles. The second-order valence-electron chi connectivity index (χ2n) is 5.20. The third kappa shape index (κ3) is 3.34. The molecule has 0 unspecified atom stereocenters. The fraction of sp³-hybridized carbons (Fsp3) is 0.571. The van der Waals surface area contributed by atoms with Gasteiger partial charge in [0.05, 0.1) is 0 Å².